The van der Waals surface area contributed by atoms with Crippen molar-refractivity contribution in [3.05, 3.63) is 53.7 Å². The number of nitrogens with zero attached hydrogens (tertiary/aromatic N) is 2. The maximum atomic E-state index is 12.2. The van der Waals surface area contributed by atoms with Gasteiger partial charge in [0.1, 0.15) is 10.7 Å². The number of ether oxygens (including phenoxy) is 3. The van der Waals surface area contributed by atoms with Gasteiger partial charge in [0.2, 0.25) is 0 Å². The van der Waals surface area contributed by atoms with Crippen molar-refractivity contribution in [3.8, 4) is 0 Å². The predicted molar refractivity (Wildman–Crippen MR) is 136 cm³/mol. The summed E-state index contributed by atoms with van der Waals surface area (Å²) in [6.07, 6.45) is 5.50. The molecular formula is C24H34N4O7S. The fourth-order valence-electron chi connectivity index (χ4n) is 2.85. The molecule has 2 aromatic rings. The third-order valence-electron chi connectivity index (χ3n) is 4.74. The SMILES string of the molecule is CCCCOCCOCCOCCCNC(=O)c1ccc(N/N=C/c2ccccc2S(=O)(=O)O)nc1. The molecule has 0 radical (unpaired) electrons. The first kappa shape index (κ1) is 29.3. The molecule has 1 aromatic carbocycles. The number of carbonyl (C=O) groups is 1. The molecule has 1 aromatic heterocycles. The summed E-state index contributed by atoms with van der Waals surface area (Å²) in [6.45, 7) is 6.01. The van der Waals surface area contributed by atoms with Crippen LogP contribution >= 0.6 is 0 Å². The molecule has 2 rings (SSSR count). The van der Waals surface area contributed by atoms with Gasteiger partial charge in [0, 0.05) is 31.5 Å². The highest BCUT2D eigenvalue weighted by molar-refractivity contribution is 7.86. The number of amides is 1. The molecule has 198 valence electrons. The Morgan fingerprint density at radius 3 is 2.31 bits per heavy atom. The summed E-state index contributed by atoms with van der Waals surface area (Å²) in [7, 11) is -4.36. The largest absolute Gasteiger partial charge is 0.379 e. The lowest BCUT2D eigenvalue weighted by Crippen LogP contribution is -2.25. The number of nitrogens with one attached hydrogen (secondary N) is 2. The minimum Gasteiger partial charge on any atom is -0.379 e. The fraction of sp³-hybridized carbons (Fsp3) is 0.458. The van der Waals surface area contributed by atoms with Crippen molar-refractivity contribution in [2.45, 2.75) is 31.1 Å². The summed E-state index contributed by atoms with van der Waals surface area (Å²) in [6, 6.07) is 9.05. The van der Waals surface area contributed by atoms with Crippen LogP contribution in [0, 0.1) is 0 Å². The number of rotatable bonds is 18. The van der Waals surface area contributed by atoms with Crippen LogP contribution in [0.5, 0.6) is 0 Å². The first-order chi connectivity index (χ1) is 17.4. The van der Waals surface area contributed by atoms with Crippen molar-refractivity contribution < 1.29 is 32.0 Å². The van der Waals surface area contributed by atoms with Crippen LogP contribution in [0.3, 0.4) is 0 Å². The van der Waals surface area contributed by atoms with Crippen molar-refractivity contribution in [1.29, 1.82) is 0 Å². The first-order valence-electron chi connectivity index (χ1n) is 11.7. The van der Waals surface area contributed by atoms with Crippen molar-refractivity contribution in [2.24, 2.45) is 5.10 Å². The molecule has 36 heavy (non-hydrogen) atoms. The molecule has 0 atom stereocenters. The van der Waals surface area contributed by atoms with Gasteiger partial charge in [0.05, 0.1) is 38.2 Å². The molecular weight excluding hydrogens is 488 g/mol. The van der Waals surface area contributed by atoms with Crippen LogP contribution in [-0.2, 0) is 24.3 Å². The monoisotopic (exact) mass is 522 g/mol. The Labute approximate surface area is 212 Å². The highest BCUT2D eigenvalue weighted by Gasteiger charge is 2.13. The Balaban J connectivity index is 1.60. The van der Waals surface area contributed by atoms with Gasteiger partial charge in [-0.1, -0.05) is 31.5 Å². The third-order valence-corrected chi connectivity index (χ3v) is 5.67. The second-order valence-electron chi connectivity index (χ2n) is 7.62. The zero-order valence-corrected chi connectivity index (χ0v) is 21.2. The highest BCUT2D eigenvalue weighted by Crippen LogP contribution is 2.13. The van der Waals surface area contributed by atoms with Gasteiger partial charge >= 0.3 is 0 Å². The molecule has 0 aliphatic heterocycles. The topological polar surface area (TPSA) is 148 Å². The van der Waals surface area contributed by atoms with Crippen LogP contribution in [0.2, 0.25) is 0 Å². The lowest BCUT2D eigenvalue weighted by Gasteiger charge is -2.08. The fourth-order valence-corrected chi connectivity index (χ4v) is 3.52. The molecule has 12 heteroatoms. The summed E-state index contributed by atoms with van der Waals surface area (Å²) in [5.41, 5.74) is 3.25. The van der Waals surface area contributed by atoms with Crippen molar-refractivity contribution in [3.63, 3.8) is 0 Å². The maximum Gasteiger partial charge on any atom is 0.295 e. The van der Waals surface area contributed by atoms with Crippen LogP contribution in [0.25, 0.3) is 0 Å². The summed E-state index contributed by atoms with van der Waals surface area (Å²) in [5, 5.41) is 6.74. The van der Waals surface area contributed by atoms with E-state index in [0.717, 1.165) is 19.4 Å². The van der Waals surface area contributed by atoms with Crippen LogP contribution in [0.1, 0.15) is 42.1 Å². The third kappa shape index (κ3) is 11.7. The van der Waals surface area contributed by atoms with Crippen LogP contribution in [0.15, 0.2) is 52.6 Å². The van der Waals surface area contributed by atoms with E-state index in [4.69, 9.17) is 14.2 Å². The molecule has 3 N–H and O–H groups in total. The van der Waals surface area contributed by atoms with E-state index < -0.39 is 10.1 Å². The molecule has 0 aliphatic carbocycles. The maximum absolute atomic E-state index is 12.2. The number of hydrogen-bond acceptors (Lipinski definition) is 9. The molecule has 1 heterocycles. The molecule has 0 saturated carbocycles. The molecule has 0 aliphatic rings. The number of carbonyl (C=O) groups excluding carboxylic acids is 1. The van der Waals surface area contributed by atoms with Crippen LogP contribution in [-0.4, -0.2) is 76.3 Å². The Kier molecular flexibility index (Phi) is 13.6. The van der Waals surface area contributed by atoms with E-state index in [9.17, 15) is 17.8 Å². The number of hydrogen-bond donors (Lipinski definition) is 3. The molecule has 0 bridgehead atoms. The van der Waals surface area contributed by atoms with Crippen molar-refractivity contribution in [2.75, 3.05) is 51.6 Å². The minimum atomic E-state index is -4.36. The lowest BCUT2D eigenvalue weighted by atomic mass is 10.2. The molecule has 11 nitrogen and oxygen atoms in total. The van der Waals surface area contributed by atoms with E-state index in [-0.39, 0.29) is 16.4 Å². The molecule has 0 saturated heterocycles. The average molecular weight is 523 g/mol. The van der Waals surface area contributed by atoms with Crippen LogP contribution < -0.4 is 10.7 Å². The van der Waals surface area contributed by atoms with Gasteiger partial charge in [-0.25, -0.2) is 4.98 Å². The quantitative estimate of drug-likeness (QED) is 0.116. The van der Waals surface area contributed by atoms with Gasteiger partial charge in [-0.15, -0.1) is 0 Å². The molecule has 1 amide bonds. The van der Waals surface area contributed by atoms with Gasteiger partial charge in [-0.05, 0) is 31.0 Å². The second kappa shape index (κ2) is 16.7. The number of benzene rings is 1. The van der Waals surface area contributed by atoms with E-state index >= 15 is 0 Å². The van der Waals surface area contributed by atoms with Gasteiger partial charge in [-0.3, -0.25) is 14.8 Å². The average Bonchev–Trinajstić information content (AvgIpc) is 2.87. The number of pyridine rings is 1. The summed E-state index contributed by atoms with van der Waals surface area (Å²) in [4.78, 5) is 16.1. The zero-order valence-electron chi connectivity index (χ0n) is 20.4. The number of hydrazone groups is 1. The Bertz CT molecular complexity index is 1050. The first-order valence-corrected chi connectivity index (χ1v) is 13.2. The van der Waals surface area contributed by atoms with Gasteiger partial charge in [0.15, 0.2) is 0 Å². The Morgan fingerprint density at radius 1 is 1.00 bits per heavy atom. The second-order valence-corrected chi connectivity index (χ2v) is 9.01. The van der Waals surface area contributed by atoms with Crippen molar-refractivity contribution >= 4 is 28.1 Å². The standard InChI is InChI=1S/C24H34N4O7S/c1-2-3-12-33-14-16-35-17-15-34-13-6-11-25-24(29)21-9-10-23(26-18-21)28-27-19-20-7-4-5-8-22(20)36(30,31)32/h4-5,7-10,18-19H,2-3,6,11-17H2,1H3,(H,25,29)(H,26,28)(H,30,31,32)/b27-19+. The summed E-state index contributed by atoms with van der Waals surface area (Å²) in [5.74, 6) is 0.0984. The van der Waals surface area contributed by atoms with E-state index in [1.165, 1.54) is 30.6 Å². The zero-order chi connectivity index (χ0) is 26.1. The molecule has 0 unspecified atom stereocenters. The Morgan fingerprint density at radius 2 is 1.67 bits per heavy atom. The minimum absolute atomic E-state index is 0.215. The Hall–Kier alpha value is -2.90. The van der Waals surface area contributed by atoms with Crippen LogP contribution in [0.4, 0.5) is 5.82 Å². The number of aromatic nitrogens is 1. The molecule has 0 fully saturated rings. The van der Waals surface area contributed by atoms with Gasteiger partial charge in [0.25, 0.3) is 16.0 Å². The lowest BCUT2D eigenvalue weighted by molar-refractivity contribution is 0.0137. The highest BCUT2D eigenvalue weighted by atomic mass is 32.2. The number of anilines is 1. The van der Waals surface area contributed by atoms with Gasteiger partial charge < -0.3 is 19.5 Å². The van der Waals surface area contributed by atoms with E-state index in [1.807, 2.05) is 0 Å². The summed E-state index contributed by atoms with van der Waals surface area (Å²) < 4.78 is 48.4. The smallest absolute Gasteiger partial charge is 0.295 e. The van der Waals surface area contributed by atoms with E-state index in [0.29, 0.717) is 57.4 Å². The predicted octanol–water partition coefficient (Wildman–Crippen LogP) is 2.74. The van der Waals surface area contributed by atoms with Gasteiger partial charge in [-0.2, -0.15) is 13.5 Å². The summed E-state index contributed by atoms with van der Waals surface area (Å²) >= 11 is 0. The number of unbranched alkanes of at least 4 members (excludes halogenated alkanes) is 1. The van der Waals surface area contributed by atoms with Crippen molar-refractivity contribution in [1.82, 2.24) is 10.3 Å². The van der Waals surface area contributed by atoms with E-state index in [1.54, 1.807) is 18.2 Å². The normalized spacial score (nSPS) is 11.6. The molecule has 0 spiro atoms. The van der Waals surface area contributed by atoms with E-state index in [2.05, 4.69) is 27.8 Å².